The molecule has 0 bridgehead atoms. The third kappa shape index (κ3) is 1.24. The lowest BCUT2D eigenvalue weighted by molar-refractivity contribution is 0.0786. The van der Waals surface area contributed by atoms with E-state index in [1.807, 2.05) is 26.0 Å². The predicted molar refractivity (Wildman–Crippen MR) is 52.8 cm³/mol. The van der Waals surface area contributed by atoms with E-state index in [1.165, 1.54) is 0 Å². The van der Waals surface area contributed by atoms with Crippen LogP contribution in [0.4, 0.5) is 0 Å². The molecule has 0 aromatic heterocycles. The van der Waals surface area contributed by atoms with Crippen LogP contribution in [0.3, 0.4) is 0 Å². The molecule has 1 aromatic carbocycles. The molecule has 1 aliphatic rings. The van der Waals surface area contributed by atoms with Gasteiger partial charge in [0.05, 0.1) is 7.11 Å². The Morgan fingerprint density at radius 1 is 1.43 bits per heavy atom. The second-order valence-corrected chi connectivity index (χ2v) is 3.65. The van der Waals surface area contributed by atoms with Gasteiger partial charge in [-0.25, -0.2) is 0 Å². The number of ether oxygens (including phenoxy) is 2. The minimum Gasteiger partial charge on any atom is -0.493 e. The van der Waals surface area contributed by atoms with Crippen molar-refractivity contribution in [3.8, 4) is 11.5 Å². The van der Waals surface area contributed by atoms with E-state index in [9.17, 15) is 5.11 Å². The molecule has 2 rings (SSSR count). The topological polar surface area (TPSA) is 38.7 Å². The van der Waals surface area contributed by atoms with Gasteiger partial charge in [-0.3, -0.25) is 0 Å². The molecule has 0 radical (unpaired) electrons. The standard InChI is InChI=1S/C11H14O3/c1-6-4-8-10(12)7(2)14-11(8)9(5-6)13-3/h4-5,7,10,12H,1-3H3. The number of benzene rings is 1. The van der Waals surface area contributed by atoms with Gasteiger partial charge in [0.2, 0.25) is 0 Å². The number of fused-ring (bicyclic) bond motifs is 1. The van der Waals surface area contributed by atoms with Crippen LogP contribution in [-0.4, -0.2) is 18.3 Å². The molecule has 0 spiro atoms. The van der Waals surface area contributed by atoms with Crippen molar-refractivity contribution in [3.05, 3.63) is 23.3 Å². The van der Waals surface area contributed by atoms with Gasteiger partial charge in [-0.15, -0.1) is 0 Å². The second-order valence-electron chi connectivity index (χ2n) is 3.65. The Morgan fingerprint density at radius 2 is 2.14 bits per heavy atom. The summed E-state index contributed by atoms with van der Waals surface area (Å²) >= 11 is 0. The SMILES string of the molecule is COc1cc(C)cc2c1OC(C)C2O. The molecule has 0 saturated carbocycles. The van der Waals surface area contributed by atoms with Crippen molar-refractivity contribution < 1.29 is 14.6 Å². The Hall–Kier alpha value is -1.22. The van der Waals surface area contributed by atoms with Crippen LogP contribution in [0.1, 0.15) is 24.2 Å². The van der Waals surface area contributed by atoms with Gasteiger partial charge in [0.25, 0.3) is 0 Å². The molecular weight excluding hydrogens is 180 g/mol. The van der Waals surface area contributed by atoms with E-state index >= 15 is 0 Å². The highest BCUT2D eigenvalue weighted by Gasteiger charge is 2.32. The zero-order valence-electron chi connectivity index (χ0n) is 8.57. The van der Waals surface area contributed by atoms with E-state index in [0.29, 0.717) is 11.5 Å². The van der Waals surface area contributed by atoms with Gasteiger partial charge in [0.1, 0.15) is 12.2 Å². The van der Waals surface area contributed by atoms with Crippen LogP contribution in [0, 0.1) is 6.92 Å². The van der Waals surface area contributed by atoms with Crippen molar-refractivity contribution >= 4 is 0 Å². The summed E-state index contributed by atoms with van der Waals surface area (Å²) in [4.78, 5) is 0. The summed E-state index contributed by atoms with van der Waals surface area (Å²) in [5.41, 5.74) is 1.90. The molecule has 14 heavy (non-hydrogen) atoms. The summed E-state index contributed by atoms with van der Waals surface area (Å²) in [6.45, 7) is 3.82. The highest BCUT2D eigenvalue weighted by molar-refractivity contribution is 5.52. The lowest BCUT2D eigenvalue weighted by Gasteiger charge is -2.08. The van der Waals surface area contributed by atoms with Crippen LogP contribution < -0.4 is 9.47 Å². The van der Waals surface area contributed by atoms with E-state index in [4.69, 9.17) is 9.47 Å². The van der Waals surface area contributed by atoms with Crippen LogP contribution in [-0.2, 0) is 0 Å². The number of methoxy groups -OCH3 is 1. The second kappa shape index (κ2) is 3.17. The molecule has 1 aliphatic heterocycles. The fourth-order valence-electron chi connectivity index (χ4n) is 1.77. The van der Waals surface area contributed by atoms with Crippen molar-refractivity contribution in [3.63, 3.8) is 0 Å². The quantitative estimate of drug-likeness (QED) is 0.741. The number of rotatable bonds is 1. The van der Waals surface area contributed by atoms with Gasteiger partial charge in [-0.2, -0.15) is 0 Å². The number of hydrogen-bond acceptors (Lipinski definition) is 3. The maximum absolute atomic E-state index is 9.81. The minimum atomic E-state index is -0.543. The monoisotopic (exact) mass is 194 g/mol. The molecule has 76 valence electrons. The summed E-state index contributed by atoms with van der Waals surface area (Å²) in [5.74, 6) is 1.38. The first-order valence-corrected chi connectivity index (χ1v) is 4.66. The normalized spacial score (nSPS) is 24.3. The van der Waals surface area contributed by atoms with E-state index in [0.717, 1.165) is 11.1 Å². The fourth-order valence-corrected chi connectivity index (χ4v) is 1.77. The van der Waals surface area contributed by atoms with Gasteiger partial charge in [-0.1, -0.05) is 0 Å². The van der Waals surface area contributed by atoms with Crippen LogP contribution in [0.25, 0.3) is 0 Å². The first-order valence-electron chi connectivity index (χ1n) is 4.66. The summed E-state index contributed by atoms with van der Waals surface area (Å²) in [6.07, 6.45) is -0.737. The lowest BCUT2D eigenvalue weighted by Crippen LogP contribution is -2.12. The summed E-state index contributed by atoms with van der Waals surface area (Å²) in [5, 5.41) is 9.81. The van der Waals surface area contributed by atoms with Crippen molar-refractivity contribution in [2.24, 2.45) is 0 Å². The molecule has 0 aliphatic carbocycles. The predicted octanol–water partition coefficient (Wildman–Crippen LogP) is 1.82. The summed E-state index contributed by atoms with van der Waals surface area (Å²) in [6, 6.07) is 3.84. The number of aryl methyl sites for hydroxylation is 1. The molecule has 1 heterocycles. The molecule has 3 nitrogen and oxygen atoms in total. The maximum Gasteiger partial charge on any atom is 0.167 e. The van der Waals surface area contributed by atoms with E-state index < -0.39 is 6.10 Å². The largest absolute Gasteiger partial charge is 0.493 e. The van der Waals surface area contributed by atoms with Crippen molar-refractivity contribution in [1.29, 1.82) is 0 Å². The summed E-state index contributed by atoms with van der Waals surface area (Å²) < 4.78 is 10.7. The molecular formula is C11H14O3. The molecule has 1 N–H and O–H groups in total. The van der Waals surface area contributed by atoms with Gasteiger partial charge < -0.3 is 14.6 Å². The van der Waals surface area contributed by atoms with Crippen LogP contribution in [0.15, 0.2) is 12.1 Å². The first-order chi connectivity index (χ1) is 6.63. The smallest absolute Gasteiger partial charge is 0.167 e. The zero-order valence-corrected chi connectivity index (χ0v) is 8.57. The van der Waals surface area contributed by atoms with Gasteiger partial charge in [0, 0.05) is 5.56 Å². The van der Waals surface area contributed by atoms with Crippen LogP contribution in [0.5, 0.6) is 11.5 Å². The van der Waals surface area contributed by atoms with E-state index in [1.54, 1.807) is 7.11 Å². The van der Waals surface area contributed by atoms with Crippen molar-refractivity contribution in [2.75, 3.05) is 7.11 Å². The molecule has 0 saturated heterocycles. The lowest BCUT2D eigenvalue weighted by atomic mass is 10.0. The molecule has 3 heteroatoms. The number of aliphatic hydroxyl groups excluding tert-OH is 1. The van der Waals surface area contributed by atoms with E-state index in [2.05, 4.69) is 0 Å². The van der Waals surface area contributed by atoms with Gasteiger partial charge in [0.15, 0.2) is 11.5 Å². The minimum absolute atomic E-state index is 0.194. The Balaban J connectivity index is 2.55. The van der Waals surface area contributed by atoms with Crippen molar-refractivity contribution in [2.45, 2.75) is 26.1 Å². The molecule has 1 aromatic rings. The highest BCUT2D eigenvalue weighted by Crippen LogP contribution is 2.43. The average molecular weight is 194 g/mol. The van der Waals surface area contributed by atoms with Crippen LogP contribution in [0.2, 0.25) is 0 Å². The number of aliphatic hydroxyl groups is 1. The Labute approximate surface area is 83.3 Å². The average Bonchev–Trinajstić information content (AvgIpc) is 2.43. The molecule has 0 amide bonds. The Kier molecular flexibility index (Phi) is 2.11. The first kappa shape index (κ1) is 9.34. The summed E-state index contributed by atoms with van der Waals surface area (Å²) in [7, 11) is 1.60. The third-order valence-corrected chi connectivity index (χ3v) is 2.51. The van der Waals surface area contributed by atoms with Gasteiger partial charge >= 0.3 is 0 Å². The fraction of sp³-hybridized carbons (Fsp3) is 0.455. The van der Waals surface area contributed by atoms with Crippen molar-refractivity contribution in [1.82, 2.24) is 0 Å². The zero-order chi connectivity index (χ0) is 10.3. The molecule has 2 unspecified atom stereocenters. The highest BCUT2D eigenvalue weighted by atomic mass is 16.5. The number of hydrogen-bond donors (Lipinski definition) is 1. The Morgan fingerprint density at radius 3 is 2.79 bits per heavy atom. The third-order valence-electron chi connectivity index (χ3n) is 2.51. The van der Waals surface area contributed by atoms with Crippen LogP contribution >= 0.6 is 0 Å². The van der Waals surface area contributed by atoms with Gasteiger partial charge in [-0.05, 0) is 31.5 Å². The maximum atomic E-state index is 9.81. The molecule has 0 fully saturated rings. The Bertz CT molecular complexity index is 360. The molecule has 2 atom stereocenters. The van der Waals surface area contributed by atoms with E-state index in [-0.39, 0.29) is 6.10 Å².